The third kappa shape index (κ3) is 13.3. The van der Waals surface area contributed by atoms with E-state index >= 15 is 0 Å². The fourth-order valence-corrected chi connectivity index (χ4v) is 1.20. The smallest absolute Gasteiger partial charge is 0.120 e. The van der Waals surface area contributed by atoms with Gasteiger partial charge in [-0.05, 0) is 17.8 Å². The van der Waals surface area contributed by atoms with E-state index in [0.29, 0.717) is 24.2 Å². The molecule has 0 radical (unpaired) electrons. The van der Waals surface area contributed by atoms with Gasteiger partial charge in [0.2, 0.25) is 0 Å². The molecule has 0 saturated heterocycles. The molecule has 0 aliphatic heterocycles. The van der Waals surface area contributed by atoms with Crippen LogP contribution in [0.25, 0.3) is 0 Å². The number of carbonyl (C=O) groups is 2. The molecule has 16 heavy (non-hydrogen) atoms. The van der Waals surface area contributed by atoms with E-state index in [-0.39, 0.29) is 0 Å². The van der Waals surface area contributed by atoms with Gasteiger partial charge in [-0.2, -0.15) is 0 Å². The Morgan fingerprint density at radius 2 is 1.44 bits per heavy atom. The van der Waals surface area contributed by atoms with E-state index in [4.69, 9.17) is 0 Å². The fourth-order valence-electron chi connectivity index (χ4n) is 1.20. The zero-order valence-electron chi connectivity index (χ0n) is 11.5. The van der Waals surface area contributed by atoms with E-state index in [1.165, 1.54) is 12.8 Å². The first-order chi connectivity index (χ1) is 7.49. The van der Waals surface area contributed by atoms with Crippen molar-refractivity contribution in [1.82, 2.24) is 0 Å². The lowest BCUT2D eigenvalue weighted by molar-refractivity contribution is -0.109. The molecule has 2 nitrogen and oxygen atoms in total. The number of rotatable bonds is 7. The van der Waals surface area contributed by atoms with Crippen LogP contribution in [0.15, 0.2) is 0 Å². The molecule has 0 aliphatic carbocycles. The van der Waals surface area contributed by atoms with Crippen molar-refractivity contribution in [2.45, 2.75) is 60.3 Å². The van der Waals surface area contributed by atoms with Gasteiger partial charge in [0.05, 0.1) is 0 Å². The molecule has 0 amide bonds. The van der Waals surface area contributed by atoms with Crippen molar-refractivity contribution < 1.29 is 9.59 Å². The van der Waals surface area contributed by atoms with Crippen LogP contribution in [0.4, 0.5) is 0 Å². The Balaban J connectivity index is 0. The summed E-state index contributed by atoms with van der Waals surface area (Å²) in [4.78, 5) is 19.8. The Kier molecular flexibility index (Phi) is 13.7. The molecule has 96 valence electrons. The Hall–Kier alpha value is -0.660. The highest BCUT2D eigenvalue weighted by atomic mass is 16.1. The van der Waals surface area contributed by atoms with Crippen molar-refractivity contribution in [1.29, 1.82) is 0 Å². The van der Waals surface area contributed by atoms with Crippen LogP contribution in [0.2, 0.25) is 0 Å². The van der Waals surface area contributed by atoms with Crippen molar-refractivity contribution in [3.05, 3.63) is 0 Å². The predicted octanol–water partition coefficient (Wildman–Crippen LogP) is 3.88. The minimum Gasteiger partial charge on any atom is -0.303 e. The van der Waals surface area contributed by atoms with Crippen LogP contribution in [0.3, 0.4) is 0 Å². The van der Waals surface area contributed by atoms with Gasteiger partial charge in [0.1, 0.15) is 12.6 Å². The lowest BCUT2D eigenvalue weighted by atomic mass is 9.96. The highest BCUT2D eigenvalue weighted by molar-refractivity contribution is 5.49. The highest BCUT2D eigenvalue weighted by Gasteiger charge is 2.04. The maximum atomic E-state index is 9.92. The summed E-state index contributed by atoms with van der Waals surface area (Å²) in [5.41, 5.74) is 0. The van der Waals surface area contributed by atoms with Crippen LogP contribution >= 0.6 is 0 Å². The number of hydrogen-bond donors (Lipinski definition) is 0. The molecule has 0 heterocycles. The monoisotopic (exact) mass is 228 g/mol. The van der Waals surface area contributed by atoms with Crippen LogP contribution in [0, 0.1) is 17.8 Å². The quantitative estimate of drug-likeness (QED) is 0.620. The zero-order chi connectivity index (χ0) is 13.0. The molecular weight excluding hydrogens is 200 g/mol. The molecule has 0 saturated carbocycles. The fraction of sp³-hybridized carbons (Fsp3) is 0.857. The second-order valence-corrected chi connectivity index (χ2v) is 4.92. The second kappa shape index (κ2) is 12.4. The van der Waals surface area contributed by atoms with Crippen LogP contribution in [-0.4, -0.2) is 12.6 Å². The van der Waals surface area contributed by atoms with E-state index < -0.39 is 0 Å². The Bertz CT molecular complexity index is 164. The first-order valence-electron chi connectivity index (χ1n) is 6.36. The van der Waals surface area contributed by atoms with Gasteiger partial charge in [-0.1, -0.05) is 47.5 Å². The van der Waals surface area contributed by atoms with Crippen molar-refractivity contribution in [3.8, 4) is 0 Å². The van der Waals surface area contributed by atoms with Gasteiger partial charge in [-0.25, -0.2) is 0 Å². The molecule has 2 heteroatoms. The van der Waals surface area contributed by atoms with Crippen molar-refractivity contribution in [2.75, 3.05) is 0 Å². The summed E-state index contributed by atoms with van der Waals surface area (Å²) in [6.45, 7) is 10.6. The molecule has 0 aromatic rings. The minimum absolute atomic E-state index is 0.549. The van der Waals surface area contributed by atoms with Crippen LogP contribution in [0.1, 0.15) is 60.3 Å². The summed E-state index contributed by atoms with van der Waals surface area (Å²) >= 11 is 0. The van der Waals surface area contributed by atoms with Crippen LogP contribution in [-0.2, 0) is 9.59 Å². The van der Waals surface area contributed by atoms with Gasteiger partial charge in [0.15, 0.2) is 0 Å². The summed E-state index contributed by atoms with van der Waals surface area (Å²) in [6, 6.07) is 0. The lowest BCUT2D eigenvalue weighted by Crippen LogP contribution is -2.03. The third-order valence-electron chi connectivity index (χ3n) is 2.89. The SMILES string of the molecule is CC(C)C(C)CC=O.CCCC(C)CC=O. The van der Waals surface area contributed by atoms with Gasteiger partial charge in [-0.3, -0.25) is 0 Å². The van der Waals surface area contributed by atoms with Gasteiger partial charge in [0, 0.05) is 12.8 Å². The molecule has 0 aromatic carbocycles. The Labute approximate surface area is 101 Å². The van der Waals surface area contributed by atoms with E-state index in [2.05, 4.69) is 34.6 Å². The number of carbonyl (C=O) groups excluding carboxylic acids is 2. The summed E-state index contributed by atoms with van der Waals surface area (Å²) in [5.74, 6) is 1.78. The molecular formula is C14H28O2. The third-order valence-corrected chi connectivity index (χ3v) is 2.89. The van der Waals surface area contributed by atoms with E-state index in [1.54, 1.807) is 0 Å². The molecule has 0 bridgehead atoms. The van der Waals surface area contributed by atoms with Crippen molar-refractivity contribution in [2.24, 2.45) is 17.8 Å². The molecule has 0 aromatic heterocycles. The molecule has 0 N–H and O–H groups in total. The van der Waals surface area contributed by atoms with Crippen LogP contribution < -0.4 is 0 Å². The first-order valence-corrected chi connectivity index (χ1v) is 6.36. The summed E-state index contributed by atoms with van der Waals surface area (Å²) in [7, 11) is 0. The van der Waals surface area contributed by atoms with Gasteiger partial charge < -0.3 is 9.59 Å². The Morgan fingerprint density at radius 1 is 0.938 bits per heavy atom. The first kappa shape index (κ1) is 17.7. The Morgan fingerprint density at radius 3 is 1.69 bits per heavy atom. The average Bonchev–Trinajstić information content (AvgIpc) is 2.19. The second-order valence-electron chi connectivity index (χ2n) is 4.92. The molecule has 0 aliphatic rings. The van der Waals surface area contributed by atoms with E-state index in [0.717, 1.165) is 19.0 Å². The van der Waals surface area contributed by atoms with E-state index in [1.807, 2.05) is 0 Å². The highest BCUT2D eigenvalue weighted by Crippen LogP contribution is 2.11. The van der Waals surface area contributed by atoms with Crippen molar-refractivity contribution >= 4 is 12.6 Å². The topological polar surface area (TPSA) is 34.1 Å². The molecule has 0 rings (SSSR count). The lowest BCUT2D eigenvalue weighted by Gasteiger charge is -2.09. The molecule has 2 unspecified atom stereocenters. The molecule has 0 spiro atoms. The summed E-state index contributed by atoms with van der Waals surface area (Å²) in [5, 5.41) is 0. The standard InChI is InChI=1S/2C7H14O/c1-6(2)7(3)4-5-8;1-3-4-7(2)5-6-8/h5-7H,4H2,1-3H3;6-7H,3-5H2,1-2H3. The largest absolute Gasteiger partial charge is 0.303 e. The maximum absolute atomic E-state index is 9.92. The normalized spacial score (nSPS) is 13.6. The predicted molar refractivity (Wildman–Crippen MR) is 69.4 cm³/mol. The summed E-state index contributed by atoms with van der Waals surface area (Å²) < 4.78 is 0. The zero-order valence-corrected chi connectivity index (χ0v) is 11.5. The van der Waals surface area contributed by atoms with Crippen molar-refractivity contribution in [3.63, 3.8) is 0 Å². The van der Waals surface area contributed by atoms with Gasteiger partial charge in [-0.15, -0.1) is 0 Å². The summed E-state index contributed by atoms with van der Waals surface area (Å²) in [6.07, 6.45) is 5.80. The minimum atomic E-state index is 0.549. The van der Waals surface area contributed by atoms with Crippen LogP contribution in [0.5, 0.6) is 0 Å². The van der Waals surface area contributed by atoms with Gasteiger partial charge in [0.25, 0.3) is 0 Å². The number of hydrogen-bond acceptors (Lipinski definition) is 2. The molecule has 0 fully saturated rings. The average molecular weight is 228 g/mol. The molecule has 2 atom stereocenters. The maximum Gasteiger partial charge on any atom is 0.120 e. The van der Waals surface area contributed by atoms with E-state index in [9.17, 15) is 9.59 Å². The van der Waals surface area contributed by atoms with Gasteiger partial charge >= 0.3 is 0 Å². The number of aldehydes is 2.